The van der Waals surface area contributed by atoms with Crippen LogP contribution < -0.4 is 5.32 Å². The normalized spacial score (nSPS) is 19.1. The summed E-state index contributed by atoms with van der Waals surface area (Å²) >= 11 is 0. The largest absolute Gasteiger partial charge is 0.314 e. The average Bonchev–Trinajstić information content (AvgIpc) is 2.38. The molecule has 0 bridgehead atoms. The number of alkyl halides is 2. The Morgan fingerprint density at radius 3 is 2.33 bits per heavy atom. The Bertz CT molecular complexity index is 359. The van der Waals surface area contributed by atoms with Crippen molar-refractivity contribution in [2.24, 2.45) is 0 Å². The maximum Gasteiger partial charge on any atom is 0.240 e. The molecule has 2 rings (SSSR count). The second-order valence-corrected chi connectivity index (χ2v) is 4.84. The topological polar surface area (TPSA) is 15.3 Å². The molecule has 1 N–H and O–H groups in total. The van der Waals surface area contributed by atoms with E-state index < -0.39 is 6.43 Å². The van der Waals surface area contributed by atoms with E-state index in [0.717, 1.165) is 37.3 Å². The fraction of sp³-hybridized carbons (Fsp3) is 0.571. The predicted molar refractivity (Wildman–Crippen MR) is 69.0 cm³/mol. The molecular weight excluding hydrogens is 234 g/mol. The highest BCUT2D eigenvalue weighted by Crippen LogP contribution is 2.27. The third kappa shape index (κ3) is 3.50. The highest BCUT2D eigenvalue weighted by atomic mass is 19.3. The molecule has 100 valence electrons. The molecule has 1 fully saturated rings. The molecule has 1 aromatic carbocycles. The summed E-state index contributed by atoms with van der Waals surface area (Å²) in [5, 5.41) is 3.25. The van der Waals surface area contributed by atoms with Crippen molar-refractivity contribution in [1.82, 2.24) is 10.2 Å². The van der Waals surface area contributed by atoms with Gasteiger partial charge in [-0.05, 0) is 12.5 Å². The number of halogens is 2. The molecular formula is C14H20F2N2. The summed E-state index contributed by atoms with van der Waals surface area (Å²) in [4.78, 5) is 2.16. The van der Waals surface area contributed by atoms with Crippen LogP contribution in [0.1, 0.15) is 23.6 Å². The molecule has 1 saturated heterocycles. The van der Waals surface area contributed by atoms with Crippen molar-refractivity contribution < 1.29 is 8.78 Å². The average molecular weight is 254 g/mol. The summed E-state index contributed by atoms with van der Waals surface area (Å²) in [6, 6.07) is 7.79. The van der Waals surface area contributed by atoms with Crippen LogP contribution in [0.2, 0.25) is 0 Å². The molecule has 18 heavy (non-hydrogen) atoms. The Hall–Kier alpha value is -1.00. The standard InChI is InChI=1S/C14H20F2N2/c1-11-2-4-12(5-3-11)13(10-14(15)16)18-8-6-17-7-9-18/h2-5,13-14,17H,6-10H2,1H3/t13-/m0/s1. The Balaban J connectivity index is 2.15. The van der Waals surface area contributed by atoms with Crippen molar-refractivity contribution in [2.45, 2.75) is 25.8 Å². The van der Waals surface area contributed by atoms with Crippen LogP contribution in [-0.2, 0) is 0 Å². The van der Waals surface area contributed by atoms with E-state index in [2.05, 4.69) is 10.2 Å². The molecule has 0 radical (unpaired) electrons. The van der Waals surface area contributed by atoms with E-state index in [1.54, 1.807) is 0 Å². The van der Waals surface area contributed by atoms with E-state index in [-0.39, 0.29) is 12.5 Å². The van der Waals surface area contributed by atoms with Gasteiger partial charge in [0.25, 0.3) is 0 Å². The highest BCUT2D eigenvalue weighted by molar-refractivity contribution is 5.24. The van der Waals surface area contributed by atoms with Crippen LogP contribution in [0.5, 0.6) is 0 Å². The lowest BCUT2D eigenvalue weighted by Crippen LogP contribution is -2.45. The van der Waals surface area contributed by atoms with Gasteiger partial charge in [-0.1, -0.05) is 29.8 Å². The van der Waals surface area contributed by atoms with Gasteiger partial charge < -0.3 is 5.32 Å². The molecule has 1 aliphatic heterocycles. The van der Waals surface area contributed by atoms with Crippen molar-refractivity contribution in [3.8, 4) is 0 Å². The van der Waals surface area contributed by atoms with Gasteiger partial charge in [0.15, 0.2) is 0 Å². The number of hydrogen-bond acceptors (Lipinski definition) is 2. The van der Waals surface area contributed by atoms with Crippen LogP contribution >= 0.6 is 0 Å². The third-order valence-electron chi connectivity index (χ3n) is 3.46. The van der Waals surface area contributed by atoms with Crippen molar-refractivity contribution in [1.29, 1.82) is 0 Å². The minimum absolute atomic E-state index is 0.0803. The van der Waals surface area contributed by atoms with Crippen LogP contribution in [0.4, 0.5) is 8.78 Å². The fourth-order valence-electron chi connectivity index (χ4n) is 2.45. The molecule has 0 amide bonds. The van der Waals surface area contributed by atoms with E-state index in [1.165, 1.54) is 0 Å². The van der Waals surface area contributed by atoms with Crippen LogP contribution in [0.3, 0.4) is 0 Å². The Morgan fingerprint density at radius 1 is 1.17 bits per heavy atom. The number of rotatable bonds is 4. The molecule has 0 unspecified atom stereocenters. The molecule has 1 aliphatic rings. The molecule has 0 spiro atoms. The number of nitrogens with zero attached hydrogens (tertiary/aromatic N) is 1. The van der Waals surface area contributed by atoms with Crippen molar-refractivity contribution in [3.05, 3.63) is 35.4 Å². The fourth-order valence-corrected chi connectivity index (χ4v) is 2.45. The van der Waals surface area contributed by atoms with E-state index in [0.29, 0.717) is 0 Å². The second-order valence-electron chi connectivity index (χ2n) is 4.84. The van der Waals surface area contributed by atoms with Crippen molar-refractivity contribution >= 4 is 0 Å². The molecule has 1 atom stereocenters. The molecule has 0 saturated carbocycles. The minimum Gasteiger partial charge on any atom is -0.314 e. The zero-order valence-corrected chi connectivity index (χ0v) is 10.7. The smallest absolute Gasteiger partial charge is 0.240 e. The second kappa shape index (κ2) is 6.25. The van der Waals surface area contributed by atoms with Crippen LogP contribution in [0.15, 0.2) is 24.3 Å². The van der Waals surface area contributed by atoms with Crippen LogP contribution in [-0.4, -0.2) is 37.5 Å². The van der Waals surface area contributed by atoms with Gasteiger partial charge >= 0.3 is 0 Å². The first-order chi connectivity index (χ1) is 8.66. The molecule has 2 nitrogen and oxygen atoms in total. The first-order valence-electron chi connectivity index (χ1n) is 6.46. The SMILES string of the molecule is Cc1ccc([C@H](CC(F)F)N2CCNCC2)cc1. The monoisotopic (exact) mass is 254 g/mol. The quantitative estimate of drug-likeness (QED) is 0.888. The van der Waals surface area contributed by atoms with Gasteiger partial charge in [-0.3, -0.25) is 4.90 Å². The first kappa shape index (κ1) is 13.4. The summed E-state index contributed by atoms with van der Waals surface area (Å²) < 4.78 is 25.5. The number of piperazine rings is 1. The Kier molecular flexibility index (Phi) is 4.66. The molecule has 4 heteroatoms. The molecule has 0 aromatic heterocycles. The van der Waals surface area contributed by atoms with Gasteiger partial charge in [0.2, 0.25) is 6.43 Å². The van der Waals surface area contributed by atoms with Gasteiger partial charge in [-0.25, -0.2) is 8.78 Å². The molecule has 1 aromatic rings. The predicted octanol–water partition coefficient (Wildman–Crippen LogP) is 2.60. The lowest BCUT2D eigenvalue weighted by molar-refractivity contribution is 0.0739. The van der Waals surface area contributed by atoms with Gasteiger partial charge in [-0.15, -0.1) is 0 Å². The summed E-state index contributed by atoms with van der Waals surface area (Å²) in [6.45, 7) is 5.45. The van der Waals surface area contributed by atoms with Crippen LogP contribution in [0.25, 0.3) is 0 Å². The van der Waals surface area contributed by atoms with E-state index in [9.17, 15) is 8.78 Å². The van der Waals surface area contributed by atoms with Crippen molar-refractivity contribution in [2.75, 3.05) is 26.2 Å². The van der Waals surface area contributed by atoms with Crippen LogP contribution in [0, 0.1) is 6.92 Å². The number of nitrogens with one attached hydrogen (secondary N) is 1. The zero-order chi connectivity index (χ0) is 13.0. The van der Waals surface area contributed by atoms with E-state index in [4.69, 9.17) is 0 Å². The first-order valence-corrected chi connectivity index (χ1v) is 6.46. The van der Waals surface area contributed by atoms with E-state index >= 15 is 0 Å². The zero-order valence-electron chi connectivity index (χ0n) is 10.7. The summed E-state index contributed by atoms with van der Waals surface area (Å²) in [6.07, 6.45) is -2.34. The lowest BCUT2D eigenvalue weighted by atomic mass is 10.00. The summed E-state index contributed by atoms with van der Waals surface area (Å²) in [5.74, 6) is 0. The maximum atomic E-state index is 12.8. The lowest BCUT2D eigenvalue weighted by Gasteiger charge is -2.35. The van der Waals surface area contributed by atoms with Gasteiger partial charge in [0.05, 0.1) is 0 Å². The molecule has 0 aliphatic carbocycles. The van der Waals surface area contributed by atoms with Gasteiger partial charge in [0, 0.05) is 38.6 Å². The third-order valence-corrected chi connectivity index (χ3v) is 3.46. The molecule has 1 heterocycles. The Morgan fingerprint density at radius 2 is 1.78 bits per heavy atom. The van der Waals surface area contributed by atoms with Gasteiger partial charge in [-0.2, -0.15) is 0 Å². The minimum atomic E-state index is -2.26. The number of aryl methyl sites for hydroxylation is 1. The Labute approximate surface area is 107 Å². The van der Waals surface area contributed by atoms with Crippen molar-refractivity contribution in [3.63, 3.8) is 0 Å². The summed E-state index contributed by atoms with van der Waals surface area (Å²) in [5.41, 5.74) is 2.16. The number of benzene rings is 1. The van der Waals surface area contributed by atoms with E-state index in [1.807, 2.05) is 31.2 Å². The maximum absolute atomic E-state index is 12.8. The van der Waals surface area contributed by atoms with Gasteiger partial charge in [0.1, 0.15) is 0 Å². The number of hydrogen-bond donors (Lipinski definition) is 1. The highest BCUT2D eigenvalue weighted by Gasteiger charge is 2.25. The summed E-state index contributed by atoms with van der Waals surface area (Å²) in [7, 11) is 0.